The van der Waals surface area contributed by atoms with Crippen LogP contribution >= 0.6 is 12.4 Å². The lowest BCUT2D eigenvalue weighted by atomic mass is 9.98. The van der Waals surface area contributed by atoms with Crippen LogP contribution in [-0.4, -0.2) is 53.9 Å². The molecule has 2 aromatic carbocycles. The molecule has 8 nitrogen and oxygen atoms in total. The monoisotopic (exact) mass is 586 g/mol. The largest absolute Gasteiger partial charge is 0.494 e. The van der Waals surface area contributed by atoms with Crippen molar-refractivity contribution in [1.29, 1.82) is 0 Å². The van der Waals surface area contributed by atoms with E-state index in [2.05, 4.69) is 31.0 Å². The van der Waals surface area contributed by atoms with Crippen molar-refractivity contribution < 1.29 is 28.6 Å². The van der Waals surface area contributed by atoms with Crippen LogP contribution in [0.15, 0.2) is 46.9 Å². The number of unbranched alkanes of at least 4 members (excludes halogenated alkanes) is 3. The molecule has 3 aromatic rings. The zero-order chi connectivity index (χ0) is 28.9. The first-order chi connectivity index (χ1) is 19.4. The minimum absolute atomic E-state index is 0. The number of ether oxygens (including phenoxy) is 1. The normalized spacial score (nSPS) is 10.9. The predicted molar refractivity (Wildman–Crippen MR) is 165 cm³/mol. The zero-order valence-corrected chi connectivity index (χ0v) is 25.2. The molecule has 0 radical (unpaired) electrons. The summed E-state index contributed by atoms with van der Waals surface area (Å²) in [7, 11) is 0. The molecule has 1 heterocycles. The van der Waals surface area contributed by atoms with Crippen LogP contribution in [0.2, 0.25) is 0 Å². The second-order valence-electron chi connectivity index (χ2n) is 10.1. The van der Waals surface area contributed by atoms with E-state index >= 15 is 0 Å². The van der Waals surface area contributed by atoms with Crippen molar-refractivity contribution >= 4 is 46.7 Å². The fourth-order valence-corrected chi connectivity index (χ4v) is 4.60. The molecule has 0 saturated heterocycles. The number of benzene rings is 2. The minimum Gasteiger partial charge on any atom is -0.494 e. The molecule has 0 unspecified atom stereocenters. The van der Waals surface area contributed by atoms with Gasteiger partial charge in [-0.15, -0.1) is 12.4 Å². The Balaban J connectivity index is 0.00000588. The number of nitrogens with zero attached hydrogens (tertiary/aromatic N) is 1. The van der Waals surface area contributed by atoms with Gasteiger partial charge in [0.15, 0.2) is 5.78 Å². The van der Waals surface area contributed by atoms with Gasteiger partial charge in [0.25, 0.3) is 0 Å². The lowest BCUT2D eigenvalue weighted by Gasteiger charge is -2.21. The number of ketones is 1. The summed E-state index contributed by atoms with van der Waals surface area (Å²) in [6.45, 7) is 10.4. The van der Waals surface area contributed by atoms with Gasteiger partial charge in [0.05, 0.1) is 12.2 Å². The first-order valence-corrected chi connectivity index (χ1v) is 14.5. The van der Waals surface area contributed by atoms with Crippen LogP contribution in [0.5, 0.6) is 5.75 Å². The third-order valence-corrected chi connectivity index (χ3v) is 6.86. The highest BCUT2D eigenvalue weighted by Gasteiger charge is 2.23. The lowest BCUT2D eigenvalue weighted by Crippen LogP contribution is -2.28. The highest BCUT2D eigenvalue weighted by atomic mass is 35.5. The van der Waals surface area contributed by atoms with E-state index in [-0.39, 0.29) is 23.9 Å². The maximum Gasteiger partial charge on any atom is 0.394 e. The van der Waals surface area contributed by atoms with E-state index in [4.69, 9.17) is 14.3 Å². The molecule has 0 atom stereocenters. The first-order valence-electron chi connectivity index (χ1n) is 14.5. The molecule has 224 valence electrons. The third-order valence-electron chi connectivity index (χ3n) is 6.86. The van der Waals surface area contributed by atoms with Gasteiger partial charge in [-0.25, -0.2) is 4.79 Å². The van der Waals surface area contributed by atoms with E-state index in [9.17, 15) is 14.4 Å². The summed E-state index contributed by atoms with van der Waals surface area (Å²) >= 11 is 0. The molecule has 0 aliphatic heterocycles. The molecule has 0 spiro atoms. The molecule has 0 saturated carbocycles. The smallest absolute Gasteiger partial charge is 0.394 e. The summed E-state index contributed by atoms with van der Waals surface area (Å²) in [5.74, 6) is -1.63. The molecule has 2 N–H and O–H groups in total. The number of nitrogens with one attached hydrogen (secondary N) is 1. The molecule has 0 bridgehead atoms. The molecule has 0 fully saturated rings. The van der Waals surface area contributed by atoms with Crippen molar-refractivity contribution in [3.8, 4) is 5.75 Å². The predicted octanol–water partition coefficient (Wildman–Crippen LogP) is 7.12. The number of carboxylic acid groups (broad SMARTS) is 1. The Morgan fingerprint density at radius 2 is 1.51 bits per heavy atom. The molecule has 41 heavy (non-hydrogen) atoms. The molecule has 0 aliphatic rings. The quantitative estimate of drug-likeness (QED) is 0.0984. The highest BCUT2D eigenvalue weighted by Crippen LogP contribution is 2.32. The number of hydrogen-bond acceptors (Lipinski definition) is 6. The summed E-state index contributed by atoms with van der Waals surface area (Å²) < 4.78 is 12.0. The van der Waals surface area contributed by atoms with Crippen LogP contribution in [0.3, 0.4) is 0 Å². The maximum atomic E-state index is 13.7. The van der Waals surface area contributed by atoms with Gasteiger partial charge in [0.2, 0.25) is 0 Å². The number of rotatable bonds is 17. The van der Waals surface area contributed by atoms with Crippen LogP contribution in [0.4, 0.5) is 5.69 Å². The third kappa shape index (κ3) is 9.90. The number of furan rings is 1. The summed E-state index contributed by atoms with van der Waals surface area (Å²) in [6, 6.07) is 11.9. The van der Waals surface area contributed by atoms with Gasteiger partial charge in [-0.3, -0.25) is 9.59 Å². The first kappa shape index (κ1) is 33.8. The summed E-state index contributed by atoms with van der Waals surface area (Å²) in [6.07, 6.45) is 8.14. The maximum absolute atomic E-state index is 13.7. The van der Waals surface area contributed by atoms with Crippen LogP contribution < -0.4 is 10.1 Å². The molecular weight excluding hydrogens is 544 g/mol. The van der Waals surface area contributed by atoms with E-state index in [1.165, 1.54) is 25.7 Å². The van der Waals surface area contributed by atoms with E-state index in [1.807, 2.05) is 12.1 Å². The van der Waals surface area contributed by atoms with Crippen LogP contribution in [0, 0.1) is 0 Å². The Labute approximate surface area is 248 Å². The van der Waals surface area contributed by atoms with Crippen LogP contribution in [0.25, 0.3) is 11.0 Å². The molecular formula is C32H43ClN2O6. The van der Waals surface area contributed by atoms with Gasteiger partial charge < -0.3 is 24.5 Å². The van der Waals surface area contributed by atoms with Gasteiger partial charge in [0.1, 0.15) is 17.1 Å². The van der Waals surface area contributed by atoms with Gasteiger partial charge in [-0.05, 0) is 81.2 Å². The van der Waals surface area contributed by atoms with Gasteiger partial charge in [0, 0.05) is 29.6 Å². The van der Waals surface area contributed by atoms with Crippen molar-refractivity contribution in [1.82, 2.24) is 4.90 Å². The van der Waals surface area contributed by atoms with Gasteiger partial charge >= 0.3 is 11.9 Å². The molecule has 9 heteroatoms. The number of amides is 1. The number of carboxylic acids is 1. The van der Waals surface area contributed by atoms with Crippen molar-refractivity contribution in [2.75, 3.05) is 31.6 Å². The second-order valence-corrected chi connectivity index (χ2v) is 10.1. The standard InChI is InChI=1S/C32H42N2O6.ClH/c1-4-7-11-28-29(26-22-24(14-17-27(26)40-28)33-31(36)32(37)38)30(35)23-12-15-25(16-13-23)39-21-10-20-34(18-8-5-2)19-9-6-3;/h12-17,22H,4-11,18-21H2,1-3H3,(H,33,36)(H,37,38);1H. The topological polar surface area (TPSA) is 109 Å². The molecule has 3 rings (SSSR count). The average molecular weight is 587 g/mol. The Kier molecular flexibility index (Phi) is 14.4. The minimum atomic E-state index is -1.58. The summed E-state index contributed by atoms with van der Waals surface area (Å²) in [4.78, 5) is 38.8. The van der Waals surface area contributed by atoms with E-state index in [0.29, 0.717) is 46.6 Å². The average Bonchev–Trinajstić information content (AvgIpc) is 3.32. The SMILES string of the molecule is CCCCc1oc2ccc(NC(=O)C(=O)O)cc2c1C(=O)c1ccc(OCCCN(CCCC)CCCC)cc1.Cl. The van der Waals surface area contributed by atoms with Crippen molar-refractivity contribution in [2.24, 2.45) is 0 Å². The number of carbonyl (C=O) groups is 3. The number of aryl methyl sites for hydroxylation is 1. The van der Waals surface area contributed by atoms with Crippen LogP contribution in [0.1, 0.15) is 87.4 Å². The molecule has 0 aliphatic carbocycles. The Morgan fingerprint density at radius 1 is 0.878 bits per heavy atom. The number of halogens is 1. The lowest BCUT2D eigenvalue weighted by molar-refractivity contribution is -0.147. The number of anilines is 1. The van der Waals surface area contributed by atoms with E-state index in [1.54, 1.807) is 30.3 Å². The van der Waals surface area contributed by atoms with Gasteiger partial charge in [-0.2, -0.15) is 0 Å². The number of fused-ring (bicyclic) bond motifs is 1. The van der Waals surface area contributed by atoms with E-state index in [0.717, 1.165) is 38.9 Å². The number of carbonyl (C=O) groups excluding carboxylic acids is 2. The number of hydrogen-bond donors (Lipinski definition) is 2. The Morgan fingerprint density at radius 3 is 2.12 bits per heavy atom. The highest BCUT2D eigenvalue weighted by molar-refractivity contribution is 6.36. The fraction of sp³-hybridized carbons (Fsp3) is 0.469. The molecule has 1 amide bonds. The Hall–Kier alpha value is -3.36. The zero-order valence-electron chi connectivity index (χ0n) is 24.4. The molecule has 1 aromatic heterocycles. The Bertz CT molecular complexity index is 1260. The van der Waals surface area contributed by atoms with Crippen molar-refractivity contribution in [3.63, 3.8) is 0 Å². The summed E-state index contributed by atoms with van der Waals surface area (Å²) in [5, 5.41) is 11.8. The number of aliphatic carboxylic acids is 1. The van der Waals surface area contributed by atoms with Crippen molar-refractivity contribution in [3.05, 3.63) is 59.4 Å². The van der Waals surface area contributed by atoms with E-state index < -0.39 is 11.9 Å². The van der Waals surface area contributed by atoms with Crippen molar-refractivity contribution in [2.45, 2.75) is 72.1 Å². The van der Waals surface area contributed by atoms with Crippen LogP contribution in [-0.2, 0) is 16.0 Å². The van der Waals surface area contributed by atoms with Gasteiger partial charge in [-0.1, -0.05) is 40.0 Å². The fourth-order valence-electron chi connectivity index (χ4n) is 4.60. The second kappa shape index (κ2) is 17.5. The summed E-state index contributed by atoms with van der Waals surface area (Å²) in [5.41, 5.74) is 1.72.